The second kappa shape index (κ2) is 5.11. The van der Waals surface area contributed by atoms with Crippen LogP contribution in [-0.2, 0) is 6.18 Å². The van der Waals surface area contributed by atoms with E-state index in [0.717, 1.165) is 31.7 Å². The Kier molecular flexibility index (Phi) is 3.58. The first-order valence-electron chi connectivity index (χ1n) is 6.72. The highest BCUT2D eigenvalue weighted by atomic mass is 35.5. The third kappa shape index (κ3) is 2.74. The van der Waals surface area contributed by atoms with E-state index < -0.39 is 11.7 Å². The normalized spacial score (nSPS) is 29.5. The molecule has 3 rings (SSSR count). The number of alkyl halides is 3. The van der Waals surface area contributed by atoms with Gasteiger partial charge in [0.05, 0.1) is 10.6 Å². The Morgan fingerprint density at radius 3 is 2.40 bits per heavy atom. The molecule has 1 aromatic carbocycles. The predicted octanol–water partition coefficient (Wildman–Crippen LogP) is 4.02. The molecule has 110 valence electrons. The number of halogens is 4. The fraction of sp³-hybridized carbons (Fsp3) is 0.571. The van der Waals surface area contributed by atoms with Crippen LogP contribution in [0.1, 0.15) is 31.2 Å². The van der Waals surface area contributed by atoms with Crippen molar-refractivity contribution in [3.8, 4) is 5.75 Å². The summed E-state index contributed by atoms with van der Waals surface area (Å²) < 4.78 is 44.1. The van der Waals surface area contributed by atoms with E-state index in [9.17, 15) is 13.2 Å². The first kappa shape index (κ1) is 14.0. The lowest BCUT2D eigenvalue weighted by Gasteiger charge is -2.30. The topological polar surface area (TPSA) is 21.3 Å². The summed E-state index contributed by atoms with van der Waals surface area (Å²) in [6, 6.07) is 4.65. The number of hydrogen-bond donors (Lipinski definition) is 1. The molecule has 2 atom stereocenters. The second-order valence-electron chi connectivity index (χ2n) is 5.46. The molecule has 0 aromatic heterocycles. The van der Waals surface area contributed by atoms with Crippen LogP contribution in [0.2, 0.25) is 5.02 Å². The number of piperidine rings is 1. The van der Waals surface area contributed by atoms with Crippen LogP contribution in [-0.4, -0.2) is 18.2 Å². The van der Waals surface area contributed by atoms with Crippen molar-refractivity contribution in [3.05, 3.63) is 28.8 Å². The molecule has 2 bridgehead atoms. The van der Waals surface area contributed by atoms with E-state index in [1.807, 2.05) is 0 Å². The molecular formula is C14H15ClF3NO. The van der Waals surface area contributed by atoms with Crippen LogP contribution >= 0.6 is 11.6 Å². The third-order valence-electron chi connectivity index (χ3n) is 3.99. The van der Waals surface area contributed by atoms with Gasteiger partial charge in [-0.15, -0.1) is 0 Å². The minimum Gasteiger partial charge on any atom is -0.489 e. The number of hydrogen-bond acceptors (Lipinski definition) is 2. The summed E-state index contributed by atoms with van der Waals surface area (Å²) in [6.45, 7) is 0. The van der Waals surface area contributed by atoms with E-state index in [1.165, 1.54) is 12.1 Å². The van der Waals surface area contributed by atoms with Crippen molar-refractivity contribution in [2.45, 2.75) is 50.0 Å². The van der Waals surface area contributed by atoms with Crippen LogP contribution in [0, 0.1) is 0 Å². The van der Waals surface area contributed by atoms with Gasteiger partial charge in [-0.2, -0.15) is 13.2 Å². The average molecular weight is 306 g/mol. The van der Waals surface area contributed by atoms with E-state index in [0.29, 0.717) is 12.1 Å². The molecule has 20 heavy (non-hydrogen) atoms. The molecule has 0 amide bonds. The van der Waals surface area contributed by atoms with Crippen LogP contribution in [0.15, 0.2) is 18.2 Å². The number of ether oxygens (including phenoxy) is 1. The predicted molar refractivity (Wildman–Crippen MR) is 70.0 cm³/mol. The van der Waals surface area contributed by atoms with Gasteiger partial charge >= 0.3 is 6.18 Å². The van der Waals surface area contributed by atoms with Gasteiger partial charge in [-0.1, -0.05) is 17.7 Å². The molecular weight excluding hydrogens is 291 g/mol. The molecule has 0 saturated carbocycles. The Balaban J connectivity index is 1.78. The van der Waals surface area contributed by atoms with E-state index in [2.05, 4.69) is 5.32 Å². The molecule has 0 aliphatic carbocycles. The summed E-state index contributed by atoms with van der Waals surface area (Å²) in [5, 5.41) is 3.12. The number of rotatable bonds is 2. The van der Waals surface area contributed by atoms with Gasteiger partial charge in [-0.25, -0.2) is 0 Å². The van der Waals surface area contributed by atoms with Gasteiger partial charge in [0.15, 0.2) is 0 Å². The van der Waals surface area contributed by atoms with E-state index >= 15 is 0 Å². The summed E-state index contributed by atoms with van der Waals surface area (Å²) in [7, 11) is 0. The Morgan fingerprint density at radius 2 is 1.80 bits per heavy atom. The SMILES string of the molecule is FC(F)(F)c1cccc(OC2CC3CCC(C2)N3)c1Cl. The fourth-order valence-electron chi connectivity index (χ4n) is 3.10. The Labute approximate surface area is 120 Å². The number of fused-ring (bicyclic) bond motifs is 2. The minimum absolute atomic E-state index is 0.0604. The van der Waals surface area contributed by atoms with E-state index in [4.69, 9.17) is 16.3 Å². The molecule has 2 nitrogen and oxygen atoms in total. The van der Waals surface area contributed by atoms with Gasteiger partial charge < -0.3 is 10.1 Å². The molecule has 0 radical (unpaired) electrons. The zero-order valence-corrected chi connectivity index (χ0v) is 11.5. The maximum atomic E-state index is 12.8. The van der Waals surface area contributed by atoms with Gasteiger partial charge in [0.1, 0.15) is 11.9 Å². The highest BCUT2D eigenvalue weighted by molar-refractivity contribution is 6.32. The lowest BCUT2D eigenvalue weighted by molar-refractivity contribution is -0.137. The van der Waals surface area contributed by atoms with Crippen molar-refractivity contribution < 1.29 is 17.9 Å². The number of nitrogens with one attached hydrogen (secondary N) is 1. The lowest BCUT2D eigenvalue weighted by Crippen LogP contribution is -2.42. The van der Waals surface area contributed by atoms with Gasteiger partial charge in [-0.05, 0) is 37.8 Å². The van der Waals surface area contributed by atoms with Crippen molar-refractivity contribution >= 4 is 11.6 Å². The Morgan fingerprint density at radius 1 is 1.15 bits per heavy atom. The van der Waals surface area contributed by atoms with Crippen LogP contribution in [0.5, 0.6) is 5.75 Å². The maximum absolute atomic E-state index is 12.8. The lowest BCUT2D eigenvalue weighted by atomic mass is 10.0. The highest BCUT2D eigenvalue weighted by Crippen LogP contribution is 2.40. The van der Waals surface area contributed by atoms with E-state index in [-0.39, 0.29) is 16.9 Å². The van der Waals surface area contributed by atoms with Crippen LogP contribution in [0.3, 0.4) is 0 Å². The van der Waals surface area contributed by atoms with Crippen molar-refractivity contribution in [1.29, 1.82) is 0 Å². The molecule has 2 heterocycles. The van der Waals surface area contributed by atoms with Crippen molar-refractivity contribution in [1.82, 2.24) is 5.32 Å². The summed E-state index contributed by atoms with van der Waals surface area (Å²) in [5.74, 6) is 0.132. The molecule has 1 N–H and O–H groups in total. The quantitative estimate of drug-likeness (QED) is 0.891. The second-order valence-corrected chi connectivity index (χ2v) is 5.84. The van der Waals surface area contributed by atoms with Crippen molar-refractivity contribution in [2.75, 3.05) is 0 Å². The zero-order valence-electron chi connectivity index (χ0n) is 10.7. The Hall–Kier alpha value is -0.940. The molecule has 2 unspecified atom stereocenters. The number of benzene rings is 1. The van der Waals surface area contributed by atoms with Gasteiger partial charge in [0, 0.05) is 12.1 Å². The summed E-state index contributed by atoms with van der Waals surface area (Å²) in [6.07, 6.45) is -0.646. The summed E-state index contributed by atoms with van der Waals surface area (Å²) in [5.41, 5.74) is -0.839. The first-order chi connectivity index (χ1) is 9.43. The smallest absolute Gasteiger partial charge is 0.417 e. The average Bonchev–Trinajstić information content (AvgIpc) is 2.70. The minimum atomic E-state index is -4.45. The van der Waals surface area contributed by atoms with Gasteiger partial charge in [0.25, 0.3) is 0 Å². The molecule has 2 saturated heterocycles. The summed E-state index contributed by atoms with van der Waals surface area (Å²) >= 11 is 5.84. The maximum Gasteiger partial charge on any atom is 0.417 e. The highest BCUT2D eigenvalue weighted by Gasteiger charge is 2.37. The third-order valence-corrected chi connectivity index (χ3v) is 4.38. The van der Waals surface area contributed by atoms with Crippen LogP contribution in [0.25, 0.3) is 0 Å². The van der Waals surface area contributed by atoms with Crippen molar-refractivity contribution in [3.63, 3.8) is 0 Å². The Bertz CT molecular complexity index is 494. The largest absolute Gasteiger partial charge is 0.489 e. The van der Waals surface area contributed by atoms with Crippen molar-refractivity contribution in [2.24, 2.45) is 0 Å². The molecule has 0 spiro atoms. The monoisotopic (exact) mass is 305 g/mol. The van der Waals surface area contributed by atoms with Crippen LogP contribution < -0.4 is 10.1 Å². The van der Waals surface area contributed by atoms with E-state index in [1.54, 1.807) is 0 Å². The standard InChI is InChI=1S/C14H15ClF3NO/c15-13-11(14(16,17)18)2-1-3-12(13)20-10-6-8-4-5-9(7-10)19-8/h1-3,8-10,19H,4-7H2. The fourth-order valence-corrected chi connectivity index (χ4v) is 3.38. The molecule has 6 heteroatoms. The van der Waals surface area contributed by atoms with Gasteiger partial charge in [-0.3, -0.25) is 0 Å². The molecule has 1 aromatic rings. The van der Waals surface area contributed by atoms with Gasteiger partial charge in [0.2, 0.25) is 0 Å². The zero-order chi connectivity index (χ0) is 14.3. The summed E-state index contributed by atoms with van der Waals surface area (Å²) in [4.78, 5) is 0. The first-order valence-corrected chi connectivity index (χ1v) is 7.09. The molecule has 2 aliphatic heterocycles. The molecule has 2 fully saturated rings. The van der Waals surface area contributed by atoms with Crippen LogP contribution in [0.4, 0.5) is 13.2 Å². The molecule has 2 aliphatic rings.